The van der Waals surface area contributed by atoms with E-state index in [0.717, 1.165) is 6.42 Å². The summed E-state index contributed by atoms with van der Waals surface area (Å²) in [5.41, 5.74) is 0.435. The standard InChI is InChI=1S/C13H17NO3S/c15-13(12-4-2-1-3-5-12)10-18(16,17)14-9-8-11-6-7-11/h1-5,11,14H,6-10H2. The largest absolute Gasteiger partial charge is 0.293 e. The molecule has 0 saturated heterocycles. The number of hydrogen-bond donors (Lipinski definition) is 1. The van der Waals surface area contributed by atoms with Crippen molar-refractivity contribution in [2.24, 2.45) is 5.92 Å². The lowest BCUT2D eigenvalue weighted by molar-refractivity contribution is 0.102. The second-order valence-electron chi connectivity index (χ2n) is 4.67. The lowest BCUT2D eigenvalue weighted by Gasteiger charge is -2.05. The van der Waals surface area contributed by atoms with E-state index in [1.807, 2.05) is 0 Å². The first-order valence-corrected chi connectivity index (χ1v) is 7.78. The molecule has 0 heterocycles. The van der Waals surface area contributed by atoms with Gasteiger partial charge < -0.3 is 0 Å². The fourth-order valence-corrected chi connectivity index (χ4v) is 2.80. The molecule has 0 aromatic heterocycles. The zero-order valence-corrected chi connectivity index (χ0v) is 10.9. The van der Waals surface area contributed by atoms with Crippen LogP contribution in [0.3, 0.4) is 0 Å². The maximum Gasteiger partial charge on any atom is 0.219 e. The van der Waals surface area contributed by atoms with Gasteiger partial charge in [-0.15, -0.1) is 0 Å². The summed E-state index contributed by atoms with van der Waals surface area (Å²) < 4.78 is 25.9. The van der Waals surface area contributed by atoms with Crippen LogP contribution in [0.4, 0.5) is 0 Å². The van der Waals surface area contributed by atoms with Gasteiger partial charge in [-0.2, -0.15) is 0 Å². The van der Waals surface area contributed by atoms with Gasteiger partial charge in [-0.3, -0.25) is 4.79 Å². The monoisotopic (exact) mass is 267 g/mol. The molecule has 5 heteroatoms. The van der Waals surface area contributed by atoms with Crippen LogP contribution in [-0.2, 0) is 10.0 Å². The fraction of sp³-hybridized carbons (Fsp3) is 0.462. The van der Waals surface area contributed by atoms with E-state index >= 15 is 0 Å². The lowest BCUT2D eigenvalue weighted by Crippen LogP contribution is -2.31. The van der Waals surface area contributed by atoms with Gasteiger partial charge in [-0.1, -0.05) is 43.2 Å². The van der Waals surface area contributed by atoms with Gasteiger partial charge in [0.1, 0.15) is 5.75 Å². The van der Waals surface area contributed by atoms with E-state index in [1.54, 1.807) is 30.3 Å². The van der Waals surface area contributed by atoms with Crippen molar-refractivity contribution in [3.63, 3.8) is 0 Å². The molecule has 0 bridgehead atoms. The summed E-state index contributed by atoms with van der Waals surface area (Å²) in [6.07, 6.45) is 3.27. The summed E-state index contributed by atoms with van der Waals surface area (Å²) in [6, 6.07) is 8.49. The zero-order valence-electron chi connectivity index (χ0n) is 10.1. The normalized spacial score (nSPS) is 15.6. The second kappa shape index (κ2) is 5.63. The van der Waals surface area contributed by atoms with Crippen LogP contribution in [0.25, 0.3) is 0 Å². The van der Waals surface area contributed by atoms with Crippen molar-refractivity contribution in [3.05, 3.63) is 35.9 Å². The van der Waals surface area contributed by atoms with E-state index in [4.69, 9.17) is 0 Å². The molecule has 2 rings (SSSR count). The van der Waals surface area contributed by atoms with Crippen LogP contribution in [0.1, 0.15) is 29.6 Å². The molecule has 1 aliphatic rings. The Morgan fingerprint density at radius 1 is 1.22 bits per heavy atom. The third kappa shape index (κ3) is 4.23. The van der Waals surface area contributed by atoms with Crippen molar-refractivity contribution >= 4 is 15.8 Å². The number of ketones is 1. The molecule has 4 nitrogen and oxygen atoms in total. The van der Waals surface area contributed by atoms with Crippen LogP contribution in [-0.4, -0.2) is 26.5 Å². The Kier molecular flexibility index (Phi) is 4.14. The van der Waals surface area contributed by atoms with Gasteiger partial charge in [0.25, 0.3) is 0 Å². The molecule has 0 spiro atoms. The third-order valence-electron chi connectivity index (χ3n) is 2.99. The summed E-state index contributed by atoms with van der Waals surface area (Å²) >= 11 is 0. The Morgan fingerprint density at radius 3 is 2.50 bits per heavy atom. The highest BCUT2D eigenvalue weighted by atomic mass is 32.2. The number of Topliss-reactive ketones (excluding diaryl/α,β-unsaturated/α-hetero) is 1. The quantitative estimate of drug-likeness (QED) is 0.763. The highest BCUT2D eigenvalue weighted by Gasteiger charge is 2.22. The number of sulfonamides is 1. The molecule has 18 heavy (non-hydrogen) atoms. The van der Waals surface area contributed by atoms with E-state index in [9.17, 15) is 13.2 Å². The second-order valence-corrected chi connectivity index (χ2v) is 6.48. The van der Waals surface area contributed by atoms with Crippen LogP contribution in [0, 0.1) is 5.92 Å². The van der Waals surface area contributed by atoms with E-state index in [1.165, 1.54) is 12.8 Å². The number of carbonyl (C=O) groups is 1. The summed E-state index contributed by atoms with van der Waals surface area (Å²) in [6.45, 7) is 0.440. The maximum absolute atomic E-state index is 11.8. The van der Waals surface area contributed by atoms with Crippen molar-refractivity contribution in [1.29, 1.82) is 0 Å². The molecule has 0 atom stereocenters. The Bertz CT molecular complexity index is 506. The summed E-state index contributed by atoms with van der Waals surface area (Å²) in [5, 5.41) is 0. The van der Waals surface area contributed by atoms with Gasteiger partial charge in [0, 0.05) is 12.1 Å². The Balaban J connectivity index is 1.84. The fourth-order valence-electron chi connectivity index (χ4n) is 1.76. The van der Waals surface area contributed by atoms with Crippen LogP contribution in [0.5, 0.6) is 0 Å². The molecule has 1 aromatic carbocycles. The molecule has 0 aliphatic heterocycles. The first-order chi connectivity index (χ1) is 8.57. The molecule has 1 aliphatic carbocycles. The Labute approximate surface area is 107 Å². The molecule has 1 aromatic rings. The Morgan fingerprint density at radius 2 is 1.89 bits per heavy atom. The molecule has 0 radical (unpaired) electrons. The number of benzene rings is 1. The van der Waals surface area contributed by atoms with Gasteiger partial charge >= 0.3 is 0 Å². The van der Waals surface area contributed by atoms with Crippen molar-refractivity contribution in [3.8, 4) is 0 Å². The minimum absolute atomic E-state index is 0.366. The van der Waals surface area contributed by atoms with Gasteiger partial charge in [-0.05, 0) is 12.3 Å². The molecular weight excluding hydrogens is 250 g/mol. The third-order valence-corrected chi connectivity index (χ3v) is 4.27. The van der Waals surface area contributed by atoms with Gasteiger partial charge in [-0.25, -0.2) is 13.1 Å². The maximum atomic E-state index is 11.8. The minimum Gasteiger partial charge on any atom is -0.293 e. The first-order valence-electron chi connectivity index (χ1n) is 6.12. The van der Waals surface area contributed by atoms with Crippen molar-refractivity contribution in [2.75, 3.05) is 12.3 Å². The minimum atomic E-state index is -3.50. The highest BCUT2D eigenvalue weighted by molar-refractivity contribution is 7.90. The van der Waals surface area contributed by atoms with E-state index in [2.05, 4.69) is 4.72 Å². The zero-order chi connectivity index (χ0) is 13.0. The summed E-state index contributed by atoms with van der Waals surface area (Å²) in [7, 11) is -3.50. The van der Waals surface area contributed by atoms with Crippen LogP contribution >= 0.6 is 0 Å². The van der Waals surface area contributed by atoms with Crippen molar-refractivity contribution in [2.45, 2.75) is 19.3 Å². The van der Waals surface area contributed by atoms with E-state index < -0.39 is 15.8 Å². The van der Waals surface area contributed by atoms with Crippen LogP contribution < -0.4 is 4.72 Å². The predicted molar refractivity (Wildman–Crippen MR) is 69.9 cm³/mol. The highest BCUT2D eigenvalue weighted by Crippen LogP contribution is 2.31. The lowest BCUT2D eigenvalue weighted by atomic mass is 10.2. The number of nitrogens with one attached hydrogen (secondary N) is 1. The average Bonchev–Trinajstić information content (AvgIpc) is 3.13. The Hall–Kier alpha value is -1.20. The molecule has 1 N–H and O–H groups in total. The number of hydrogen-bond acceptors (Lipinski definition) is 3. The number of carbonyl (C=O) groups excluding carboxylic acids is 1. The summed E-state index contributed by atoms with van der Waals surface area (Å²) in [4.78, 5) is 11.8. The molecule has 98 valence electrons. The predicted octanol–water partition coefficient (Wildman–Crippen LogP) is 1.59. The number of rotatable bonds is 7. The smallest absolute Gasteiger partial charge is 0.219 e. The SMILES string of the molecule is O=C(CS(=O)(=O)NCCC1CC1)c1ccccc1. The van der Waals surface area contributed by atoms with Crippen molar-refractivity contribution < 1.29 is 13.2 Å². The molecule has 1 saturated carbocycles. The van der Waals surface area contributed by atoms with E-state index in [0.29, 0.717) is 18.0 Å². The van der Waals surface area contributed by atoms with E-state index in [-0.39, 0.29) is 5.78 Å². The van der Waals surface area contributed by atoms with Crippen molar-refractivity contribution in [1.82, 2.24) is 4.72 Å². The van der Waals surface area contributed by atoms with Gasteiger partial charge in [0.05, 0.1) is 0 Å². The van der Waals surface area contributed by atoms with Crippen LogP contribution in [0.15, 0.2) is 30.3 Å². The molecule has 0 amide bonds. The molecular formula is C13H17NO3S. The average molecular weight is 267 g/mol. The summed E-state index contributed by atoms with van der Waals surface area (Å²) in [5.74, 6) is -0.158. The first kappa shape index (κ1) is 13.2. The molecule has 1 fully saturated rings. The topological polar surface area (TPSA) is 63.2 Å². The molecule has 0 unspecified atom stereocenters. The van der Waals surface area contributed by atoms with Crippen LogP contribution in [0.2, 0.25) is 0 Å². The van der Waals surface area contributed by atoms with Gasteiger partial charge in [0.2, 0.25) is 10.0 Å². The van der Waals surface area contributed by atoms with Gasteiger partial charge in [0.15, 0.2) is 5.78 Å².